The van der Waals surface area contributed by atoms with Gasteiger partial charge in [0.25, 0.3) is 0 Å². The number of hydrogen-bond acceptors (Lipinski definition) is 3. The highest BCUT2D eigenvalue weighted by molar-refractivity contribution is 5.72. The van der Waals surface area contributed by atoms with Crippen molar-refractivity contribution >= 4 is 5.97 Å². The van der Waals surface area contributed by atoms with Crippen LogP contribution in [0.15, 0.2) is 0 Å². The quantitative estimate of drug-likeness (QED) is 0.498. The van der Waals surface area contributed by atoms with Crippen LogP contribution in [0.2, 0.25) is 0 Å². The van der Waals surface area contributed by atoms with Crippen molar-refractivity contribution in [3.63, 3.8) is 0 Å². The van der Waals surface area contributed by atoms with Crippen molar-refractivity contribution < 1.29 is 15.0 Å². The van der Waals surface area contributed by atoms with E-state index < -0.39 is 18.1 Å². The zero-order valence-corrected chi connectivity index (χ0v) is 6.11. The van der Waals surface area contributed by atoms with Gasteiger partial charge in [-0.05, 0) is 5.92 Å². The minimum Gasteiger partial charge on any atom is -0.479 e. The molecule has 4 N–H and O–H groups in total. The molecule has 0 aliphatic rings. The zero-order chi connectivity index (χ0) is 8.31. The summed E-state index contributed by atoms with van der Waals surface area (Å²) in [6, 6.07) is -0.683. The Morgan fingerprint density at radius 2 is 1.90 bits per heavy atom. The smallest absolute Gasteiger partial charge is 0.334 e. The first kappa shape index (κ1) is 9.39. The molecule has 0 fully saturated rings. The van der Waals surface area contributed by atoms with Gasteiger partial charge in [-0.3, -0.25) is 0 Å². The van der Waals surface area contributed by atoms with E-state index in [0.29, 0.717) is 0 Å². The second-order valence-corrected chi connectivity index (χ2v) is 2.60. The molecule has 2 atom stereocenters. The van der Waals surface area contributed by atoms with Crippen LogP contribution < -0.4 is 5.73 Å². The molecule has 0 unspecified atom stereocenters. The molecule has 0 saturated carbocycles. The van der Waals surface area contributed by atoms with E-state index in [1.807, 2.05) is 0 Å². The number of aliphatic carboxylic acids is 1. The summed E-state index contributed by atoms with van der Waals surface area (Å²) in [4.78, 5) is 10.1. The van der Waals surface area contributed by atoms with E-state index in [1.165, 1.54) is 0 Å². The molecule has 0 amide bonds. The fourth-order valence-electron chi connectivity index (χ4n) is 0.529. The number of carboxylic acids is 1. The Labute approximate surface area is 59.7 Å². The number of nitrogens with two attached hydrogens (primary N) is 1. The summed E-state index contributed by atoms with van der Waals surface area (Å²) in [5, 5.41) is 17.1. The molecule has 60 valence electrons. The minimum atomic E-state index is -1.44. The van der Waals surface area contributed by atoms with Crippen LogP contribution in [0.3, 0.4) is 0 Å². The summed E-state index contributed by atoms with van der Waals surface area (Å²) in [6.45, 7) is 3.52. The van der Waals surface area contributed by atoms with Gasteiger partial charge in [0.15, 0.2) is 6.10 Å². The summed E-state index contributed by atoms with van der Waals surface area (Å²) in [6.07, 6.45) is -1.44. The van der Waals surface area contributed by atoms with Gasteiger partial charge in [0.05, 0.1) is 0 Å². The van der Waals surface area contributed by atoms with Crippen LogP contribution in [0.4, 0.5) is 0 Å². The van der Waals surface area contributed by atoms with E-state index in [2.05, 4.69) is 0 Å². The monoisotopic (exact) mass is 147 g/mol. The molecule has 4 nitrogen and oxygen atoms in total. The Morgan fingerprint density at radius 3 is 2.00 bits per heavy atom. The van der Waals surface area contributed by atoms with Crippen molar-refractivity contribution in [2.45, 2.75) is 26.0 Å². The summed E-state index contributed by atoms with van der Waals surface area (Å²) in [5.41, 5.74) is 5.33. The van der Waals surface area contributed by atoms with Crippen molar-refractivity contribution in [2.75, 3.05) is 0 Å². The SMILES string of the molecule is CC(C)[C@H](N)[C@@H](O)C(=O)O. The highest BCUT2D eigenvalue weighted by Gasteiger charge is 2.24. The Morgan fingerprint density at radius 1 is 1.50 bits per heavy atom. The van der Waals surface area contributed by atoms with Crippen LogP contribution in [-0.4, -0.2) is 28.3 Å². The van der Waals surface area contributed by atoms with Crippen LogP contribution in [0, 0.1) is 5.92 Å². The molecule has 0 bridgehead atoms. The molecule has 0 aromatic rings. The third-order valence-electron chi connectivity index (χ3n) is 1.39. The van der Waals surface area contributed by atoms with Crippen molar-refractivity contribution in [1.82, 2.24) is 0 Å². The lowest BCUT2D eigenvalue weighted by molar-refractivity contribution is -0.148. The summed E-state index contributed by atoms with van der Waals surface area (Å²) < 4.78 is 0. The van der Waals surface area contributed by atoms with Gasteiger partial charge in [-0.1, -0.05) is 13.8 Å². The van der Waals surface area contributed by atoms with Crippen LogP contribution in [0.1, 0.15) is 13.8 Å². The largest absolute Gasteiger partial charge is 0.479 e. The molecule has 0 heterocycles. The maximum Gasteiger partial charge on any atom is 0.334 e. The fourth-order valence-corrected chi connectivity index (χ4v) is 0.529. The first-order valence-corrected chi connectivity index (χ1v) is 3.13. The van der Waals surface area contributed by atoms with E-state index in [4.69, 9.17) is 15.9 Å². The highest BCUT2D eigenvalue weighted by atomic mass is 16.4. The van der Waals surface area contributed by atoms with Crippen molar-refractivity contribution in [3.8, 4) is 0 Å². The van der Waals surface area contributed by atoms with Gasteiger partial charge in [0.1, 0.15) is 0 Å². The maximum atomic E-state index is 10.1. The molecular weight excluding hydrogens is 134 g/mol. The number of aliphatic hydroxyl groups is 1. The second kappa shape index (κ2) is 3.53. The average molecular weight is 147 g/mol. The first-order chi connectivity index (χ1) is 4.46. The number of rotatable bonds is 3. The summed E-state index contributed by atoms with van der Waals surface area (Å²) in [7, 11) is 0. The predicted molar refractivity (Wildman–Crippen MR) is 36.5 cm³/mol. The first-order valence-electron chi connectivity index (χ1n) is 3.13. The molecule has 0 saturated heterocycles. The Balaban J connectivity index is 3.94. The van der Waals surface area contributed by atoms with E-state index in [0.717, 1.165) is 0 Å². The predicted octanol–water partition coefficient (Wildman–Crippen LogP) is -0.585. The van der Waals surface area contributed by atoms with Gasteiger partial charge in [-0.25, -0.2) is 4.79 Å². The Kier molecular flexibility index (Phi) is 3.32. The Bertz CT molecular complexity index is 124. The third-order valence-corrected chi connectivity index (χ3v) is 1.39. The van der Waals surface area contributed by atoms with Crippen LogP contribution in [0.5, 0.6) is 0 Å². The maximum absolute atomic E-state index is 10.1. The number of hydrogen-bond donors (Lipinski definition) is 3. The standard InChI is InChI=1S/C6H13NO3/c1-3(2)4(7)5(8)6(9)10/h3-5,8H,7H2,1-2H3,(H,9,10)/t4-,5+/m0/s1. The van der Waals surface area contributed by atoms with Gasteiger partial charge in [0, 0.05) is 6.04 Å². The van der Waals surface area contributed by atoms with Crippen molar-refractivity contribution in [3.05, 3.63) is 0 Å². The number of carboxylic acid groups (broad SMARTS) is 1. The van der Waals surface area contributed by atoms with Crippen molar-refractivity contribution in [1.29, 1.82) is 0 Å². The average Bonchev–Trinajstić information content (AvgIpc) is 1.84. The molecule has 10 heavy (non-hydrogen) atoms. The lowest BCUT2D eigenvalue weighted by Gasteiger charge is -2.17. The van der Waals surface area contributed by atoms with E-state index >= 15 is 0 Å². The van der Waals surface area contributed by atoms with E-state index in [9.17, 15) is 4.79 Å². The fraction of sp³-hybridized carbons (Fsp3) is 0.833. The normalized spacial score (nSPS) is 16.9. The van der Waals surface area contributed by atoms with Gasteiger partial charge >= 0.3 is 5.97 Å². The molecule has 0 spiro atoms. The summed E-state index contributed by atoms with van der Waals surface area (Å²) in [5.74, 6) is -1.28. The second-order valence-electron chi connectivity index (χ2n) is 2.60. The molecule has 0 aromatic carbocycles. The number of carbonyl (C=O) groups is 1. The Hall–Kier alpha value is -0.610. The lowest BCUT2D eigenvalue weighted by Crippen LogP contribution is -2.43. The molecule has 0 aliphatic heterocycles. The van der Waals surface area contributed by atoms with Gasteiger partial charge in [0.2, 0.25) is 0 Å². The molecule has 0 radical (unpaired) electrons. The van der Waals surface area contributed by atoms with E-state index in [-0.39, 0.29) is 5.92 Å². The van der Waals surface area contributed by atoms with Gasteiger partial charge in [-0.15, -0.1) is 0 Å². The van der Waals surface area contributed by atoms with Crippen LogP contribution in [0.25, 0.3) is 0 Å². The molecule has 0 aliphatic carbocycles. The molecule has 0 rings (SSSR count). The van der Waals surface area contributed by atoms with E-state index in [1.54, 1.807) is 13.8 Å². The third kappa shape index (κ3) is 2.33. The van der Waals surface area contributed by atoms with Crippen molar-refractivity contribution in [2.24, 2.45) is 11.7 Å². The molecular formula is C6H13NO3. The van der Waals surface area contributed by atoms with Crippen LogP contribution >= 0.6 is 0 Å². The topological polar surface area (TPSA) is 83.5 Å². The van der Waals surface area contributed by atoms with Crippen LogP contribution in [-0.2, 0) is 4.79 Å². The summed E-state index contributed by atoms with van der Waals surface area (Å²) >= 11 is 0. The van der Waals surface area contributed by atoms with Gasteiger partial charge in [-0.2, -0.15) is 0 Å². The van der Waals surface area contributed by atoms with Gasteiger partial charge < -0.3 is 15.9 Å². The lowest BCUT2D eigenvalue weighted by atomic mass is 10.00. The zero-order valence-electron chi connectivity index (χ0n) is 6.11. The highest BCUT2D eigenvalue weighted by Crippen LogP contribution is 2.02. The minimum absolute atomic E-state index is 0.0221. The molecule has 4 heteroatoms. The molecule has 0 aromatic heterocycles. The number of aliphatic hydroxyl groups excluding tert-OH is 1.